The molecule has 25 heavy (non-hydrogen) atoms. The van der Waals surface area contributed by atoms with Gasteiger partial charge in [0, 0.05) is 6.20 Å². The van der Waals surface area contributed by atoms with Crippen LogP contribution in [0.5, 0.6) is 0 Å². The van der Waals surface area contributed by atoms with Crippen molar-refractivity contribution in [3.63, 3.8) is 0 Å². The Labute approximate surface area is 147 Å². The van der Waals surface area contributed by atoms with E-state index in [0.29, 0.717) is 0 Å². The molecule has 138 valence electrons. The third kappa shape index (κ3) is 2.62. The van der Waals surface area contributed by atoms with Crippen molar-refractivity contribution in [2.24, 2.45) is 0 Å². The van der Waals surface area contributed by atoms with Gasteiger partial charge in [-0.15, -0.1) is 6.42 Å². The average Bonchev–Trinajstić information content (AvgIpc) is 2.72. The molecule has 0 aromatic carbocycles. The van der Waals surface area contributed by atoms with Crippen LogP contribution in [-0.4, -0.2) is 46.1 Å². The molecule has 8 heteroatoms. The van der Waals surface area contributed by atoms with Crippen molar-refractivity contribution in [2.45, 2.75) is 69.5 Å². The summed E-state index contributed by atoms with van der Waals surface area (Å²) in [5.74, 6) is 2.24. The predicted octanol–water partition coefficient (Wildman–Crippen LogP) is 0.359. The molecule has 3 N–H and O–H groups in total. The lowest BCUT2D eigenvalue weighted by molar-refractivity contribution is -0.0867. The molecule has 0 bridgehead atoms. The largest absolute Gasteiger partial charge is 0.388 e. The number of aromatic amines is 1. The smallest absolute Gasteiger partial charge is 0.330 e. The molecule has 4 atom stereocenters. The minimum absolute atomic E-state index is 0.0393. The highest BCUT2D eigenvalue weighted by atomic mass is 28.3. The molecule has 1 fully saturated rings. The van der Waals surface area contributed by atoms with Crippen LogP contribution in [0.25, 0.3) is 0 Å². The number of terminal acetylenes is 1. The van der Waals surface area contributed by atoms with Crippen LogP contribution in [0.4, 0.5) is 0 Å². The topological polar surface area (TPSA) is 105 Å². The van der Waals surface area contributed by atoms with E-state index >= 15 is 0 Å². The number of aliphatic hydroxyl groups is 2. The second kappa shape index (κ2) is 5.95. The normalized spacial score (nSPS) is 30.3. The molecule has 0 unspecified atom stereocenters. The van der Waals surface area contributed by atoms with Crippen molar-refractivity contribution in [3.05, 3.63) is 32.6 Å². The van der Waals surface area contributed by atoms with Crippen molar-refractivity contribution < 1.29 is 14.9 Å². The fraction of sp³-hybridized carbons (Fsp3) is 0.647. The van der Waals surface area contributed by atoms with E-state index < -0.39 is 43.0 Å². The number of hydrogen-bond donors (Lipinski definition) is 3. The second-order valence-corrected chi connectivity index (χ2v) is 13.6. The lowest BCUT2D eigenvalue weighted by Crippen LogP contribution is -2.68. The highest BCUT2D eigenvalue weighted by molar-refractivity contribution is 6.82. The standard InChI is InChI=1S/C17H26N2O5Si/c1-8-11-9-19(15(23)18-14(11)22)17(25(6,7)16(3,4)5)13(21)12(20)10(2)24-17/h1,9-10,12-13,20-21H,2-7H3,(H,18,22,23)/t10-,12-,13-,17+/m1/s1. The van der Waals surface area contributed by atoms with Gasteiger partial charge >= 0.3 is 5.69 Å². The highest BCUT2D eigenvalue weighted by Gasteiger charge is 2.66. The van der Waals surface area contributed by atoms with Crippen LogP contribution in [0.2, 0.25) is 18.1 Å². The number of ether oxygens (including phenoxy) is 1. The third-order valence-electron chi connectivity index (χ3n) is 5.80. The lowest BCUT2D eigenvalue weighted by Gasteiger charge is -2.51. The molecule has 0 aliphatic carbocycles. The van der Waals surface area contributed by atoms with E-state index in [1.54, 1.807) is 6.92 Å². The SMILES string of the molecule is C#Cc1cn([C@]2([Si](C)(C)C(C)(C)C)O[C@H](C)[C@@H](O)[C@H]2O)c(=O)[nH]c1=O. The van der Waals surface area contributed by atoms with E-state index in [4.69, 9.17) is 11.2 Å². The predicted molar refractivity (Wildman–Crippen MR) is 97.0 cm³/mol. The molecule has 2 heterocycles. The average molecular weight is 366 g/mol. The summed E-state index contributed by atoms with van der Waals surface area (Å²) in [5.41, 5.74) is -1.44. The van der Waals surface area contributed by atoms with Crippen molar-refractivity contribution in [1.29, 1.82) is 0 Å². The molecule has 1 aromatic rings. The van der Waals surface area contributed by atoms with Gasteiger partial charge in [-0.1, -0.05) is 39.8 Å². The molecular weight excluding hydrogens is 340 g/mol. The van der Waals surface area contributed by atoms with Crippen molar-refractivity contribution in [2.75, 3.05) is 0 Å². The third-order valence-corrected chi connectivity index (χ3v) is 12.0. The Morgan fingerprint density at radius 3 is 2.32 bits per heavy atom. The number of rotatable bonds is 2. The zero-order valence-electron chi connectivity index (χ0n) is 15.5. The summed E-state index contributed by atoms with van der Waals surface area (Å²) in [6.45, 7) is 11.6. The van der Waals surface area contributed by atoms with Crippen molar-refractivity contribution in [1.82, 2.24) is 9.55 Å². The molecule has 0 saturated carbocycles. The van der Waals surface area contributed by atoms with Crippen molar-refractivity contribution >= 4 is 8.07 Å². The molecule has 0 radical (unpaired) electrons. The summed E-state index contributed by atoms with van der Waals surface area (Å²) in [6, 6.07) is 0. The van der Waals surface area contributed by atoms with Crippen LogP contribution in [0.15, 0.2) is 15.8 Å². The Hall–Kier alpha value is -1.66. The van der Waals surface area contributed by atoms with E-state index in [1.165, 1.54) is 10.8 Å². The van der Waals surface area contributed by atoms with Gasteiger partial charge in [-0.3, -0.25) is 14.3 Å². The van der Waals surface area contributed by atoms with Crippen LogP contribution >= 0.6 is 0 Å². The van der Waals surface area contributed by atoms with Gasteiger partial charge < -0.3 is 14.9 Å². The highest BCUT2D eigenvalue weighted by Crippen LogP contribution is 2.51. The van der Waals surface area contributed by atoms with Gasteiger partial charge in [0.05, 0.1) is 6.10 Å². The first kappa shape index (κ1) is 19.7. The van der Waals surface area contributed by atoms with Gasteiger partial charge in [0.2, 0.25) is 0 Å². The molecule has 7 nitrogen and oxygen atoms in total. The monoisotopic (exact) mass is 366 g/mol. The zero-order valence-corrected chi connectivity index (χ0v) is 16.5. The summed E-state index contributed by atoms with van der Waals surface area (Å²) >= 11 is 0. The maximum atomic E-state index is 12.6. The van der Waals surface area contributed by atoms with E-state index in [0.717, 1.165) is 0 Å². The molecular formula is C17H26N2O5Si. The number of hydrogen-bond acceptors (Lipinski definition) is 5. The van der Waals surface area contributed by atoms with Gasteiger partial charge in [-0.25, -0.2) is 4.79 Å². The summed E-state index contributed by atoms with van der Waals surface area (Å²) in [6.07, 6.45) is 3.43. The number of aromatic nitrogens is 2. The first-order valence-corrected chi connectivity index (χ1v) is 11.2. The van der Waals surface area contributed by atoms with Crippen LogP contribution in [0.1, 0.15) is 33.3 Å². The van der Waals surface area contributed by atoms with E-state index in [1.807, 2.05) is 33.9 Å². The maximum absolute atomic E-state index is 12.6. The lowest BCUT2D eigenvalue weighted by atomic mass is 10.1. The fourth-order valence-electron chi connectivity index (χ4n) is 3.29. The van der Waals surface area contributed by atoms with Gasteiger partial charge in [0.1, 0.15) is 25.8 Å². The molecule has 1 saturated heterocycles. The number of H-pyrrole nitrogens is 1. The minimum atomic E-state index is -2.65. The molecule has 1 aliphatic heterocycles. The van der Waals surface area contributed by atoms with Gasteiger partial charge in [-0.05, 0) is 12.0 Å². The molecule has 0 spiro atoms. The van der Waals surface area contributed by atoms with E-state index in [2.05, 4.69) is 10.9 Å². The summed E-state index contributed by atoms with van der Waals surface area (Å²) in [5, 5.41) is 19.6. The Balaban J connectivity index is 2.92. The number of nitrogens with one attached hydrogen (secondary N) is 1. The zero-order chi connectivity index (χ0) is 19.4. The Bertz CT molecular complexity index is 829. The van der Waals surface area contributed by atoms with Crippen LogP contribution in [0, 0.1) is 12.3 Å². The maximum Gasteiger partial charge on any atom is 0.330 e. The van der Waals surface area contributed by atoms with Crippen LogP contribution in [-0.2, 0) is 10.1 Å². The van der Waals surface area contributed by atoms with Crippen LogP contribution < -0.4 is 11.2 Å². The molecule has 0 amide bonds. The Morgan fingerprint density at radius 2 is 1.92 bits per heavy atom. The summed E-state index contributed by atoms with van der Waals surface area (Å²) in [4.78, 5) is 26.7. The first-order valence-electron chi connectivity index (χ1n) is 8.18. The second-order valence-electron chi connectivity index (χ2n) is 8.15. The quantitative estimate of drug-likeness (QED) is 0.518. The van der Waals surface area contributed by atoms with Crippen LogP contribution in [0.3, 0.4) is 0 Å². The number of nitrogens with zero attached hydrogens (tertiary/aromatic N) is 1. The molecule has 1 aliphatic rings. The summed E-state index contributed by atoms with van der Waals surface area (Å²) in [7, 11) is -2.65. The van der Waals surface area contributed by atoms with Gasteiger partial charge in [0.25, 0.3) is 5.56 Å². The molecule has 1 aromatic heterocycles. The summed E-state index contributed by atoms with van der Waals surface area (Å²) < 4.78 is 7.28. The fourth-order valence-corrected chi connectivity index (χ4v) is 6.52. The Morgan fingerprint density at radius 1 is 1.36 bits per heavy atom. The van der Waals surface area contributed by atoms with Crippen molar-refractivity contribution in [3.8, 4) is 12.3 Å². The number of aliphatic hydroxyl groups excluding tert-OH is 2. The first-order chi connectivity index (χ1) is 11.3. The van der Waals surface area contributed by atoms with E-state index in [-0.39, 0.29) is 10.6 Å². The van der Waals surface area contributed by atoms with Gasteiger partial charge in [0.15, 0.2) is 5.35 Å². The van der Waals surface area contributed by atoms with E-state index in [9.17, 15) is 19.8 Å². The Kier molecular flexibility index (Phi) is 4.68. The minimum Gasteiger partial charge on any atom is -0.388 e. The van der Waals surface area contributed by atoms with Gasteiger partial charge in [-0.2, -0.15) is 0 Å². The molecule has 2 rings (SSSR count).